The smallest absolute Gasteiger partial charge is 0.295 e. The van der Waals surface area contributed by atoms with E-state index in [1.165, 1.54) is 4.68 Å². The number of hydrogen-bond acceptors (Lipinski definition) is 8. The number of nitrogens with one attached hydrogen (secondary N) is 1. The second kappa shape index (κ2) is 8.67. The number of benzene rings is 1. The van der Waals surface area contributed by atoms with Crippen molar-refractivity contribution in [2.45, 2.75) is 6.92 Å². The van der Waals surface area contributed by atoms with E-state index in [0.29, 0.717) is 49.4 Å². The molecule has 0 radical (unpaired) electrons. The predicted octanol–water partition coefficient (Wildman–Crippen LogP) is 1.19. The van der Waals surface area contributed by atoms with Crippen LogP contribution in [-0.2, 0) is 16.6 Å². The van der Waals surface area contributed by atoms with Gasteiger partial charge in [-0.2, -0.15) is 4.37 Å². The van der Waals surface area contributed by atoms with Gasteiger partial charge in [0.15, 0.2) is 6.61 Å². The quantitative estimate of drug-likeness (QED) is 0.626. The van der Waals surface area contributed by atoms with Gasteiger partial charge in [-0.3, -0.25) is 14.3 Å². The highest BCUT2D eigenvalue weighted by Gasteiger charge is 2.22. The van der Waals surface area contributed by atoms with Gasteiger partial charge in [-0.05, 0) is 19.1 Å². The molecule has 30 heavy (non-hydrogen) atoms. The molecule has 4 rings (SSSR count). The lowest BCUT2D eigenvalue weighted by atomic mass is 10.3. The minimum Gasteiger partial charge on any atom is -0.464 e. The predicted molar refractivity (Wildman–Crippen MR) is 113 cm³/mol. The summed E-state index contributed by atoms with van der Waals surface area (Å²) in [6.07, 6.45) is 0. The summed E-state index contributed by atoms with van der Waals surface area (Å²) in [5.74, 6) is 0.476. The molecule has 3 heterocycles. The number of morpholine rings is 1. The highest BCUT2D eigenvalue weighted by molar-refractivity contribution is 6.99. The third kappa shape index (κ3) is 3.94. The summed E-state index contributed by atoms with van der Waals surface area (Å²) < 4.78 is 22.6. The Labute approximate surface area is 176 Å². The van der Waals surface area contributed by atoms with Crippen LogP contribution in [0.5, 0.6) is 5.88 Å². The molecule has 158 valence electrons. The van der Waals surface area contributed by atoms with Crippen LogP contribution in [-0.4, -0.2) is 56.9 Å². The molecule has 1 amide bonds. The fraction of sp³-hybridized carbons (Fsp3) is 0.368. The number of nitrogens with zero attached hydrogens (tertiary/aromatic N) is 5. The summed E-state index contributed by atoms with van der Waals surface area (Å²) in [5, 5.41) is 2.67. The molecule has 1 saturated heterocycles. The third-order valence-corrected chi connectivity index (χ3v) is 5.41. The van der Waals surface area contributed by atoms with E-state index in [2.05, 4.69) is 14.1 Å². The Morgan fingerprint density at radius 3 is 2.70 bits per heavy atom. The molecule has 11 heteroatoms. The van der Waals surface area contributed by atoms with Crippen LogP contribution in [0.3, 0.4) is 0 Å². The molecule has 0 spiro atoms. The van der Waals surface area contributed by atoms with Gasteiger partial charge in [-0.25, -0.2) is 4.68 Å². The lowest BCUT2D eigenvalue weighted by Gasteiger charge is -2.26. The maximum atomic E-state index is 12.9. The van der Waals surface area contributed by atoms with Crippen molar-refractivity contribution in [3.63, 3.8) is 0 Å². The van der Waals surface area contributed by atoms with Crippen molar-refractivity contribution >= 4 is 29.1 Å². The molecule has 1 fully saturated rings. The Bertz CT molecular complexity index is 1080. The number of hydrogen-bond donors (Lipinski definition) is 1. The van der Waals surface area contributed by atoms with Crippen molar-refractivity contribution in [1.29, 1.82) is 0 Å². The van der Waals surface area contributed by atoms with Crippen LogP contribution in [0.25, 0.3) is 5.69 Å². The zero-order valence-corrected chi connectivity index (χ0v) is 17.5. The largest absolute Gasteiger partial charge is 0.464 e. The number of carbonyl (C=O) groups excluding carboxylic acids is 1. The van der Waals surface area contributed by atoms with E-state index in [1.54, 1.807) is 18.7 Å². The summed E-state index contributed by atoms with van der Waals surface area (Å²) in [5.41, 5.74) is 1.27. The van der Waals surface area contributed by atoms with E-state index < -0.39 is 5.91 Å². The zero-order chi connectivity index (χ0) is 21.1. The SMILES string of the molecule is Cc1c(NC(=O)COc2nsnc2N2CCOCC2)c(=O)n(-c2ccccc2)n1C. The molecule has 0 atom stereocenters. The fourth-order valence-electron chi connectivity index (χ4n) is 3.26. The van der Waals surface area contributed by atoms with Crippen molar-refractivity contribution in [2.24, 2.45) is 7.05 Å². The molecule has 2 aromatic heterocycles. The lowest BCUT2D eigenvalue weighted by Crippen LogP contribution is -2.36. The van der Waals surface area contributed by atoms with Gasteiger partial charge in [0.05, 0.1) is 36.3 Å². The maximum Gasteiger partial charge on any atom is 0.295 e. The first-order valence-corrected chi connectivity index (χ1v) is 10.2. The summed E-state index contributed by atoms with van der Waals surface area (Å²) in [7, 11) is 1.77. The fourth-order valence-corrected chi connectivity index (χ4v) is 3.78. The first kappa shape index (κ1) is 20.1. The molecule has 1 aromatic carbocycles. The van der Waals surface area contributed by atoms with Gasteiger partial charge in [0.25, 0.3) is 17.3 Å². The van der Waals surface area contributed by atoms with E-state index in [4.69, 9.17) is 9.47 Å². The van der Waals surface area contributed by atoms with Crippen molar-refractivity contribution in [1.82, 2.24) is 18.1 Å². The Hall–Kier alpha value is -3.18. The van der Waals surface area contributed by atoms with E-state index in [1.807, 2.05) is 35.2 Å². The number of amides is 1. The van der Waals surface area contributed by atoms with E-state index in [0.717, 1.165) is 11.7 Å². The molecule has 1 aliphatic heterocycles. The molecule has 10 nitrogen and oxygen atoms in total. The van der Waals surface area contributed by atoms with Gasteiger partial charge >= 0.3 is 0 Å². The van der Waals surface area contributed by atoms with Gasteiger partial charge in [-0.1, -0.05) is 18.2 Å². The molecule has 0 unspecified atom stereocenters. The second-order valence-corrected chi connectivity index (χ2v) is 7.29. The molecule has 0 saturated carbocycles. The molecular weight excluding hydrogens is 408 g/mol. The number of ether oxygens (including phenoxy) is 2. The average molecular weight is 430 g/mol. The number of carbonyl (C=O) groups is 1. The minimum absolute atomic E-state index is 0.222. The van der Waals surface area contributed by atoms with Gasteiger partial charge in [0.2, 0.25) is 5.82 Å². The van der Waals surface area contributed by atoms with Crippen LogP contribution in [0, 0.1) is 6.92 Å². The number of para-hydroxylation sites is 1. The number of rotatable bonds is 6. The monoisotopic (exact) mass is 430 g/mol. The van der Waals surface area contributed by atoms with Crippen LogP contribution in [0.2, 0.25) is 0 Å². The second-order valence-electron chi connectivity index (χ2n) is 6.77. The Kier molecular flexibility index (Phi) is 5.81. The molecular formula is C19H22N6O4S. The topological polar surface area (TPSA) is 104 Å². The minimum atomic E-state index is -0.443. The highest BCUT2D eigenvalue weighted by atomic mass is 32.1. The van der Waals surface area contributed by atoms with Crippen molar-refractivity contribution < 1.29 is 14.3 Å². The van der Waals surface area contributed by atoms with Gasteiger partial charge in [0.1, 0.15) is 5.69 Å². The van der Waals surface area contributed by atoms with Gasteiger partial charge in [0, 0.05) is 20.1 Å². The Morgan fingerprint density at radius 1 is 1.23 bits per heavy atom. The molecule has 1 aliphatic rings. The van der Waals surface area contributed by atoms with Crippen molar-refractivity contribution in [2.75, 3.05) is 43.1 Å². The number of anilines is 2. The van der Waals surface area contributed by atoms with E-state index in [9.17, 15) is 9.59 Å². The Morgan fingerprint density at radius 2 is 1.97 bits per heavy atom. The normalized spacial score (nSPS) is 14.0. The number of aromatic nitrogens is 4. The summed E-state index contributed by atoms with van der Waals surface area (Å²) in [6.45, 7) is 4.10. The van der Waals surface area contributed by atoms with E-state index in [-0.39, 0.29) is 17.9 Å². The Balaban J connectivity index is 1.46. The lowest BCUT2D eigenvalue weighted by molar-refractivity contribution is -0.118. The zero-order valence-electron chi connectivity index (χ0n) is 16.7. The highest BCUT2D eigenvalue weighted by Crippen LogP contribution is 2.26. The van der Waals surface area contributed by atoms with Gasteiger partial charge in [-0.15, -0.1) is 4.37 Å². The van der Waals surface area contributed by atoms with Crippen LogP contribution < -0.4 is 20.5 Å². The first-order valence-electron chi connectivity index (χ1n) is 9.48. The average Bonchev–Trinajstić information content (AvgIpc) is 3.32. The molecule has 0 aliphatic carbocycles. The van der Waals surface area contributed by atoms with Crippen LogP contribution in [0.4, 0.5) is 11.5 Å². The third-order valence-electron chi connectivity index (χ3n) is 4.91. The first-order chi connectivity index (χ1) is 14.6. The van der Waals surface area contributed by atoms with Crippen LogP contribution in [0.15, 0.2) is 35.1 Å². The van der Waals surface area contributed by atoms with E-state index >= 15 is 0 Å². The molecule has 3 aromatic rings. The van der Waals surface area contributed by atoms with Crippen molar-refractivity contribution in [3.05, 3.63) is 46.4 Å². The summed E-state index contributed by atoms with van der Waals surface area (Å²) in [6, 6.07) is 9.24. The van der Waals surface area contributed by atoms with Crippen LogP contribution >= 0.6 is 11.7 Å². The molecule has 0 bridgehead atoms. The van der Waals surface area contributed by atoms with Crippen molar-refractivity contribution in [3.8, 4) is 11.6 Å². The summed E-state index contributed by atoms with van der Waals surface area (Å²) in [4.78, 5) is 27.4. The maximum absolute atomic E-state index is 12.9. The standard InChI is InChI=1S/C19H22N6O4S/c1-13-16(19(27)25(23(13)2)14-6-4-3-5-7-14)20-15(26)12-29-18-17(21-30-22-18)24-8-10-28-11-9-24/h3-7H,8-12H2,1-2H3,(H,20,26). The van der Waals surface area contributed by atoms with Gasteiger partial charge < -0.3 is 19.7 Å². The molecule has 1 N–H and O–H groups in total. The van der Waals surface area contributed by atoms with Crippen LogP contribution in [0.1, 0.15) is 5.69 Å². The summed E-state index contributed by atoms with van der Waals surface area (Å²) >= 11 is 1.03.